The number of rotatable bonds is 4. The van der Waals surface area contributed by atoms with Crippen molar-refractivity contribution >= 4 is 0 Å². The normalized spacial score (nSPS) is 12.5. The first kappa shape index (κ1) is 10.9. The molecule has 0 spiro atoms. The highest BCUT2D eigenvalue weighted by Gasteiger charge is 2.10. The van der Waals surface area contributed by atoms with E-state index in [-0.39, 0.29) is 11.9 Å². The van der Waals surface area contributed by atoms with Crippen LogP contribution in [0.4, 0.5) is 0 Å². The van der Waals surface area contributed by atoms with Crippen molar-refractivity contribution in [1.29, 1.82) is 0 Å². The third-order valence-electron chi connectivity index (χ3n) is 2.23. The standard InChI is InChI=1S/C11H16O3/c1-4-10(13-2)8-5-6-9(12)11(7-8)14-3/h5-7,10,12H,4H2,1-3H3. The van der Waals surface area contributed by atoms with Crippen LogP contribution >= 0.6 is 0 Å². The Hall–Kier alpha value is -1.22. The molecule has 1 aromatic rings. The van der Waals surface area contributed by atoms with E-state index >= 15 is 0 Å². The second-order valence-corrected chi connectivity index (χ2v) is 3.06. The lowest BCUT2D eigenvalue weighted by atomic mass is 10.1. The second kappa shape index (κ2) is 4.86. The fourth-order valence-electron chi connectivity index (χ4n) is 1.43. The van der Waals surface area contributed by atoms with Gasteiger partial charge in [-0.3, -0.25) is 0 Å². The Labute approximate surface area is 84.3 Å². The van der Waals surface area contributed by atoms with E-state index in [0.717, 1.165) is 12.0 Å². The summed E-state index contributed by atoms with van der Waals surface area (Å²) >= 11 is 0. The summed E-state index contributed by atoms with van der Waals surface area (Å²) in [5, 5.41) is 9.40. The minimum atomic E-state index is 0.0597. The molecule has 0 saturated heterocycles. The van der Waals surface area contributed by atoms with Gasteiger partial charge in [-0.2, -0.15) is 0 Å². The first-order valence-corrected chi connectivity index (χ1v) is 4.62. The number of phenols is 1. The summed E-state index contributed by atoms with van der Waals surface area (Å²) in [7, 11) is 3.21. The second-order valence-electron chi connectivity index (χ2n) is 3.06. The average molecular weight is 196 g/mol. The van der Waals surface area contributed by atoms with Crippen molar-refractivity contribution in [1.82, 2.24) is 0 Å². The lowest BCUT2D eigenvalue weighted by Gasteiger charge is -2.14. The maximum atomic E-state index is 9.40. The van der Waals surface area contributed by atoms with Gasteiger partial charge in [0.2, 0.25) is 0 Å². The Morgan fingerprint density at radius 2 is 2.07 bits per heavy atom. The Morgan fingerprint density at radius 1 is 1.36 bits per heavy atom. The van der Waals surface area contributed by atoms with Crippen LogP contribution in [0.15, 0.2) is 18.2 Å². The predicted octanol–water partition coefficient (Wildman–Crippen LogP) is 2.50. The minimum Gasteiger partial charge on any atom is -0.504 e. The van der Waals surface area contributed by atoms with Crippen LogP contribution in [-0.2, 0) is 4.74 Å². The highest BCUT2D eigenvalue weighted by Crippen LogP contribution is 2.30. The van der Waals surface area contributed by atoms with Gasteiger partial charge in [-0.1, -0.05) is 13.0 Å². The first-order valence-electron chi connectivity index (χ1n) is 4.62. The third kappa shape index (κ3) is 2.17. The molecule has 1 aromatic carbocycles. The molecule has 0 bridgehead atoms. The molecule has 3 nitrogen and oxygen atoms in total. The van der Waals surface area contributed by atoms with Crippen molar-refractivity contribution < 1.29 is 14.6 Å². The molecule has 0 fully saturated rings. The van der Waals surface area contributed by atoms with Gasteiger partial charge >= 0.3 is 0 Å². The maximum Gasteiger partial charge on any atom is 0.160 e. The molecule has 1 unspecified atom stereocenters. The lowest BCUT2D eigenvalue weighted by molar-refractivity contribution is 0.0998. The summed E-state index contributed by atoms with van der Waals surface area (Å²) in [4.78, 5) is 0. The Kier molecular flexibility index (Phi) is 3.77. The molecule has 0 aromatic heterocycles. The molecule has 0 heterocycles. The van der Waals surface area contributed by atoms with Gasteiger partial charge in [-0.25, -0.2) is 0 Å². The van der Waals surface area contributed by atoms with Crippen molar-refractivity contribution in [3.63, 3.8) is 0 Å². The highest BCUT2D eigenvalue weighted by molar-refractivity contribution is 5.42. The van der Waals surface area contributed by atoms with Crippen molar-refractivity contribution in [2.75, 3.05) is 14.2 Å². The van der Waals surface area contributed by atoms with E-state index in [0.29, 0.717) is 5.75 Å². The number of methoxy groups -OCH3 is 2. The largest absolute Gasteiger partial charge is 0.504 e. The highest BCUT2D eigenvalue weighted by atomic mass is 16.5. The molecule has 14 heavy (non-hydrogen) atoms. The van der Waals surface area contributed by atoms with Crippen LogP contribution in [0.5, 0.6) is 11.5 Å². The van der Waals surface area contributed by atoms with Gasteiger partial charge in [0.1, 0.15) is 0 Å². The molecular formula is C11H16O3. The van der Waals surface area contributed by atoms with Gasteiger partial charge in [0, 0.05) is 7.11 Å². The molecule has 0 saturated carbocycles. The molecule has 1 rings (SSSR count). The van der Waals surface area contributed by atoms with Gasteiger partial charge in [0.15, 0.2) is 11.5 Å². The fourth-order valence-corrected chi connectivity index (χ4v) is 1.43. The zero-order valence-corrected chi connectivity index (χ0v) is 8.78. The number of benzene rings is 1. The number of hydrogen-bond acceptors (Lipinski definition) is 3. The van der Waals surface area contributed by atoms with Crippen molar-refractivity contribution in [2.24, 2.45) is 0 Å². The zero-order chi connectivity index (χ0) is 10.6. The summed E-state index contributed by atoms with van der Waals surface area (Å²) in [5.41, 5.74) is 1.02. The van der Waals surface area contributed by atoms with E-state index in [4.69, 9.17) is 9.47 Å². The summed E-state index contributed by atoms with van der Waals surface area (Å²) in [6, 6.07) is 5.26. The van der Waals surface area contributed by atoms with E-state index < -0.39 is 0 Å². The van der Waals surface area contributed by atoms with E-state index in [1.54, 1.807) is 19.2 Å². The summed E-state index contributed by atoms with van der Waals surface area (Å²) < 4.78 is 10.3. The van der Waals surface area contributed by atoms with E-state index in [9.17, 15) is 5.11 Å². The van der Waals surface area contributed by atoms with Crippen molar-refractivity contribution in [2.45, 2.75) is 19.4 Å². The third-order valence-corrected chi connectivity index (χ3v) is 2.23. The smallest absolute Gasteiger partial charge is 0.160 e. The summed E-state index contributed by atoms with van der Waals surface area (Å²) in [6.07, 6.45) is 0.953. The van der Waals surface area contributed by atoms with Gasteiger partial charge in [-0.15, -0.1) is 0 Å². The average Bonchev–Trinajstić information content (AvgIpc) is 2.22. The molecule has 1 atom stereocenters. The van der Waals surface area contributed by atoms with Crippen LogP contribution in [-0.4, -0.2) is 19.3 Å². The molecule has 1 N–H and O–H groups in total. The van der Waals surface area contributed by atoms with E-state index in [1.165, 1.54) is 7.11 Å². The molecule has 0 radical (unpaired) electrons. The summed E-state index contributed by atoms with van der Waals surface area (Å²) in [6.45, 7) is 2.05. The number of phenolic OH excluding ortho intramolecular Hbond substituents is 1. The van der Waals surface area contributed by atoms with Crippen LogP contribution in [0.3, 0.4) is 0 Å². The Bertz CT molecular complexity index is 293. The Morgan fingerprint density at radius 3 is 2.57 bits per heavy atom. The van der Waals surface area contributed by atoms with Crippen LogP contribution in [0, 0.1) is 0 Å². The van der Waals surface area contributed by atoms with E-state index in [2.05, 4.69) is 0 Å². The van der Waals surface area contributed by atoms with Gasteiger partial charge < -0.3 is 14.6 Å². The quantitative estimate of drug-likeness (QED) is 0.804. The van der Waals surface area contributed by atoms with Crippen LogP contribution < -0.4 is 4.74 Å². The van der Waals surface area contributed by atoms with Gasteiger partial charge in [0.05, 0.1) is 13.2 Å². The number of hydrogen-bond donors (Lipinski definition) is 1. The minimum absolute atomic E-state index is 0.0597. The molecule has 0 aliphatic heterocycles. The SMILES string of the molecule is CCC(OC)c1ccc(O)c(OC)c1. The molecule has 0 amide bonds. The lowest BCUT2D eigenvalue weighted by Crippen LogP contribution is -1.99. The topological polar surface area (TPSA) is 38.7 Å². The van der Waals surface area contributed by atoms with Crippen LogP contribution in [0.2, 0.25) is 0 Å². The first-order chi connectivity index (χ1) is 6.72. The number of ether oxygens (including phenoxy) is 2. The maximum absolute atomic E-state index is 9.40. The molecular weight excluding hydrogens is 180 g/mol. The number of aromatic hydroxyl groups is 1. The van der Waals surface area contributed by atoms with Crippen LogP contribution in [0.1, 0.15) is 25.0 Å². The van der Waals surface area contributed by atoms with E-state index in [1.807, 2.05) is 13.0 Å². The molecule has 3 heteroatoms. The van der Waals surface area contributed by atoms with Crippen LogP contribution in [0.25, 0.3) is 0 Å². The van der Waals surface area contributed by atoms with Crippen molar-refractivity contribution in [3.05, 3.63) is 23.8 Å². The predicted molar refractivity (Wildman–Crippen MR) is 54.7 cm³/mol. The van der Waals surface area contributed by atoms with Gasteiger partial charge in [-0.05, 0) is 24.1 Å². The van der Waals surface area contributed by atoms with Crippen molar-refractivity contribution in [3.8, 4) is 11.5 Å². The molecule has 78 valence electrons. The Balaban J connectivity index is 2.98. The zero-order valence-electron chi connectivity index (χ0n) is 8.78. The molecule has 0 aliphatic carbocycles. The molecule has 0 aliphatic rings. The van der Waals surface area contributed by atoms with Gasteiger partial charge in [0.25, 0.3) is 0 Å². The summed E-state index contributed by atoms with van der Waals surface area (Å²) in [5.74, 6) is 0.639. The fraction of sp³-hybridized carbons (Fsp3) is 0.455. The monoisotopic (exact) mass is 196 g/mol.